The van der Waals surface area contributed by atoms with Crippen LogP contribution in [0.3, 0.4) is 0 Å². The summed E-state index contributed by atoms with van der Waals surface area (Å²) >= 11 is 0. The third-order valence-corrected chi connectivity index (χ3v) is 3.69. The summed E-state index contributed by atoms with van der Waals surface area (Å²) in [5.74, 6) is 0.918. The molecule has 1 fully saturated rings. The quantitative estimate of drug-likeness (QED) is 0.848. The fraction of sp³-hybridized carbons (Fsp3) is 0.471. The van der Waals surface area contributed by atoms with Gasteiger partial charge in [-0.2, -0.15) is 0 Å². The predicted octanol–water partition coefficient (Wildman–Crippen LogP) is 3.30. The maximum Gasteiger partial charge on any atom is 0.130 e. The lowest BCUT2D eigenvalue weighted by Crippen LogP contribution is -2.21. The fourth-order valence-corrected chi connectivity index (χ4v) is 2.35. The number of rotatable bonds is 7. The van der Waals surface area contributed by atoms with Crippen molar-refractivity contribution in [1.29, 1.82) is 0 Å². The molecule has 1 aliphatic rings. The number of imidazole rings is 1. The molecular weight excluding hydrogens is 262 g/mol. The number of aromatic nitrogens is 2. The van der Waals surface area contributed by atoms with Gasteiger partial charge in [0.15, 0.2) is 0 Å². The van der Waals surface area contributed by atoms with Gasteiger partial charge in [0.1, 0.15) is 12.4 Å². The third kappa shape index (κ3) is 3.85. The molecule has 4 nitrogen and oxygen atoms in total. The molecule has 0 atom stereocenters. The van der Waals surface area contributed by atoms with Gasteiger partial charge in [-0.1, -0.05) is 26.0 Å². The van der Waals surface area contributed by atoms with Crippen LogP contribution in [-0.4, -0.2) is 15.6 Å². The second kappa shape index (κ2) is 6.31. The van der Waals surface area contributed by atoms with Crippen LogP contribution in [0.4, 0.5) is 0 Å². The predicted molar refractivity (Wildman–Crippen MR) is 83.2 cm³/mol. The smallest absolute Gasteiger partial charge is 0.130 e. The molecule has 21 heavy (non-hydrogen) atoms. The van der Waals surface area contributed by atoms with Crippen LogP contribution in [0.2, 0.25) is 0 Å². The molecule has 0 amide bonds. The molecular formula is C17H23N3O. The first kappa shape index (κ1) is 14.1. The molecule has 1 aromatic carbocycles. The molecule has 1 heterocycles. The first-order valence-corrected chi connectivity index (χ1v) is 7.68. The van der Waals surface area contributed by atoms with E-state index in [9.17, 15) is 0 Å². The van der Waals surface area contributed by atoms with E-state index in [1.54, 1.807) is 0 Å². The Labute approximate surface area is 126 Å². The molecule has 0 saturated heterocycles. The van der Waals surface area contributed by atoms with Gasteiger partial charge in [0.05, 0.1) is 18.2 Å². The number of nitrogens with zero attached hydrogens (tertiary/aromatic N) is 2. The largest absolute Gasteiger partial charge is 0.487 e. The van der Waals surface area contributed by atoms with Gasteiger partial charge in [-0.15, -0.1) is 0 Å². The van der Waals surface area contributed by atoms with E-state index in [0.29, 0.717) is 18.7 Å². The molecule has 112 valence electrons. The maximum absolute atomic E-state index is 5.93. The van der Waals surface area contributed by atoms with E-state index in [1.165, 1.54) is 18.4 Å². The fourth-order valence-electron chi connectivity index (χ4n) is 2.35. The van der Waals surface area contributed by atoms with Crippen LogP contribution in [-0.2, 0) is 13.2 Å². The minimum Gasteiger partial charge on any atom is -0.487 e. The number of ether oxygens (including phenoxy) is 1. The second-order valence-corrected chi connectivity index (χ2v) is 6.00. The highest BCUT2D eigenvalue weighted by atomic mass is 16.5. The molecule has 1 saturated carbocycles. The summed E-state index contributed by atoms with van der Waals surface area (Å²) in [7, 11) is 0. The molecule has 4 heteroatoms. The molecule has 0 spiro atoms. The van der Waals surface area contributed by atoms with Gasteiger partial charge in [0.25, 0.3) is 0 Å². The lowest BCUT2D eigenvalue weighted by Gasteiger charge is -2.11. The Kier molecular flexibility index (Phi) is 4.25. The van der Waals surface area contributed by atoms with Crippen molar-refractivity contribution in [2.24, 2.45) is 0 Å². The highest BCUT2D eigenvalue weighted by Crippen LogP contribution is 2.35. The Morgan fingerprint density at radius 2 is 2.24 bits per heavy atom. The van der Waals surface area contributed by atoms with Crippen LogP contribution in [0, 0.1) is 0 Å². The summed E-state index contributed by atoms with van der Waals surface area (Å²) < 4.78 is 8.17. The summed E-state index contributed by atoms with van der Waals surface area (Å²) in [5, 5.41) is 3.42. The van der Waals surface area contributed by atoms with Crippen LogP contribution in [0.15, 0.2) is 36.8 Å². The van der Waals surface area contributed by atoms with Gasteiger partial charge in [-0.25, -0.2) is 4.98 Å². The van der Waals surface area contributed by atoms with E-state index >= 15 is 0 Å². The number of nitrogens with one attached hydrogen (secondary N) is 1. The van der Waals surface area contributed by atoms with E-state index in [-0.39, 0.29) is 0 Å². The third-order valence-electron chi connectivity index (χ3n) is 3.69. The van der Waals surface area contributed by atoms with E-state index < -0.39 is 0 Å². The standard InChI is InChI=1S/C17H23N3O/c1-13(2)19-9-14-4-3-5-17(8-14)21-11-16-10-18-12-20(16)15-6-7-15/h3-5,8,10,12-13,15,19H,6-7,9,11H2,1-2H3. The van der Waals surface area contributed by atoms with Crippen molar-refractivity contribution in [2.75, 3.05) is 0 Å². The molecule has 0 bridgehead atoms. The van der Waals surface area contributed by atoms with E-state index in [2.05, 4.69) is 40.8 Å². The molecule has 3 rings (SSSR count). The van der Waals surface area contributed by atoms with Crippen LogP contribution in [0.25, 0.3) is 0 Å². The highest BCUT2D eigenvalue weighted by Gasteiger charge is 2.25. The van der Waals surface area contributed by atoms with Gasteiger partial charge >= 0.3 is 0 Å². The number of hydrogen-bond donors (Lipinski definition) is 1. The molecule has 0 radical (unpaired) electrons. The molecule has 2 aromatic rings. The van der Waals surface area contributed by atoms with Crippen molar-refractivity contribution in [3.05, 3.63) is 48.0 Å². The molecule has 1 N–H and O–H groups in total. The van der Waals surface area contributed by atoms with Gasteiger partial charge < -0.3 is 14.6 Å². The molecule has 0 aliphatic heterocycles. The average Bonchev–Trinajstić information content (AvgIpc) is 3.22. The van der Waals surface area contributed by atoms with E-state index in [0.717, 1.165) is 18.0 Å². The Morgan fingerprint density at radius 3 is 3.00 bits per heavy atom. The van der Waals surface area contributed by atoms with Crippen molar-refractivity contribution in [3.8, 4) is 5.75 Å². The Bertz CT molecular complexity index is 587. The molecule has 1 aliphatic carbocycles. The summed E-state index contributed by atoms with van der Waals surface area (Å²) in [6.45, 7) is 5.76. The zero-order valence-corrected chi connectivity index (χ0v) is 12.7. The van der Waals surface area contributed by atoms with Crippen LogP contribution in [0.5, 0.6) is 5.75 Å². The summed E-state index contributed by atoms with van der Waals surface area (Å²) in [5.41, 5.74) is 2.40. The van der Waals surface area contributed by atoms with Crippen molar-refractivity contribution in [3.63, 3.8) is 0 Å². The highest BCUT2D eigenvalue weighted by molar-refractivity contribution is 5.28. The Hall–Kier alpha value is -1.81. The molecule has 0 unspecified atom stereocenters. The second-order valence-electron chi connectivity index (χ2n) is 6.00. The van der Waals surface area contributed by atoms with Gasteiger partial charge in [0, 0.05) is 18.6 Å². The lowest BCUT2D eigenvalue weighted by atomic mass is 10.2. The summed E-state index contributed by atoms with van der Waals surface area (Å²) in [4.78, 5) is 4.24. The van der Waals surface area contributed by atoms with Gasteiger partial charge in [-0.3, -0.25) is 0 Å². The molecule has 1 aromatic heterocycles. The Morgan fingerprint density at radius 1 is 1.38 bits per heavy atom. The zero-order chi connectivity index (χ0) is 14.7. The zero-order valence-electron chi connectivity index (χ0n) is 12.7. The van der Waals surface area contributed by atoms with Gasteiger partial charge in [-0.05, 0) is 30.5 Å². The normalized spacial score (nSPS) is 14.6. The summed E-state index contributed by atoms with van der Waals surface area (Å²) in [6.07, 6.45) is 6.35. The van der Waals surface area contributed by atoms with Crippen LogP contribution >= 0.6 is 0 Å². The number of benzene rings is 1. The topological polar surface area (TPSA) is 39.1 Å². The minimum atomic E-state index is 0.488. The Balaban J connectivity index is 1.59. The summed E-state index contributed by atoms with van der Waals surface area (Å²) in [6, 6.07) is 9.42. The monoisotopic (exact) mass is 285 g/mol. The van der Waals surface area contributed by atoms with Crippen molar-refractivity contribution >= 4 is 0 Å². The lowest BCUT2D eigenvalue weighted by molar-refractivity contribution is 0.294. The first-order valence-electron chi connectivity index (χ1n) is 7.68. The average molecular weight is 285 g/mol. The van der Waals surface area contributed by atoms with E-state index in [4.69, 9.17) is 4.74 Å². The van der Waals surface area contributed by atoms with Crippen LogP contribution in [0.1, 0.15) is 44.0 Å². The van der Waals surface area contributed by atoms with Crippen molar-refractivity contribution in [1.82, 2.24) is 14.9 Å². The first-order chi connectivity index (χ1) is 10.2. The van der Waals surface area contributed by atoms with Crippen molar-refractivity contribution < 1.29 is 4.74 Å². The number of hydrogen-bond acceptors (Lipinski definition) is 3. The maximum atomic E-state index is 5.93. The van der Waals surface area contributed by atoms with Crippen molar-refractivity contribution in [2.45, 2.75) is 51.9 Å². The van der Waals surface area contributed by atoms with Gasteiger partial charge in [0.2, 0.25) is 0 Å². The van der Waals surface area contributed by atoms with E-state index in [1.807, 2.05) is 24.7 Å². The SMILES string of the molecule is CC(C)NCc1cccc(OCc2cncn2C2CC2)c1. The minimum absolute atomic E-state index is 0.488. The van der Waals surface area contributed by atoms with Crippen LogP contribution < -0.4 is 10.1 Å².